The largest absolute Gasteiger partial charge is 0.504 e. The van der Waals surface area contributed by atoms with Gasteiger partial charge in [0.15, 0.2) is 11.5 Å². The lowest BCUT2D eigenvalue weighted by atomic mass is 9.47. The van der Waals surface area contributed by atoms with E-state index in [1.165, 1.54) is 11.1 Å². The van der Waals surface area contributed by atoms with Gasteiger partial charge in [-0.1, -0.05) is 66.2 Å². The van der Waals surface area contributed by atoms with Crippen LogP contribution in [-0.2, 0) is 29.5 Å². The summed E-state index contributed by atoms with van der Waals surface area (Å²) < 4.78 is 6.59. The van der Waals surface area contributed by atoms with Gasteiger partial charge < -0.3 is 25.0 Å². The second-order valence-electron chi connectivity index (χ2n) is 12.8. The second-order valence-corrected chi connectivity index (χ2v) is 12.8. The summed E-state index contributed by atoms with van der Waals surface area (Å²) in [7, 11) is 1.82. The molecule has 3 aromatic rings. The van der Waals surface area contributed by atoms with E-state index in [4.69, 9.17) is 4.74 Å². The summed E-state index contributed by atoms with van der Waals surface area (Å²) in [6.45, 7) is 3.16. The van der Waals surface area contributed by atoms with E-state index in [9.17, 15) is 20.1 Å². The number of amides is 1. The molecule has 0 radical (unpaired) electrons. The number of aliphatic hydroxyl groups is 2. The molecule has 7 rings (SSSR count). The van der Waals surface area contributed by atoms with Crippen molar-refractivity contribution in [3.63, 3.8) is 0 Å². The van der Waals surface area contributed by atoms with Gasteiger partial charge >= 0.3 is 0 Å². The number of likely N-dealkylation sites (N-methyl/N-ethyl adjacent to an activating group) is 1. The number of carbonyl (C=O) groups excluding carboxylic acids is 1. The molecule has 3 aromatic carbocycles. The molecule has 2 heterocycles. The number of rotatable bonds is 7. The molecule has 4 aliphatic rings. The van der Waals surface area contributed by atoms with Crippen LogP contribution in [0.1, 0.15) is 47.1 Å². The highest BCUT2D eigenvalue weighted by molar-refractivity contribution is 5.77. The Morgan fingerprint density at radius 1 is 1.07 bits per heavy atom. The number of hydrogen-bond acceptors (Lipinski definition) is 6. The van der Waals surface area contributed by atoms with Gasteiger partial charge in [-0.05, 0) is 61.8 Å². The van der Waals surface area contributed by atoms with Gasteiger partial charge in [0.2, 0.25) is 5.91 Å². The number of hydrogen-bond donors (Lipinski definition) is 3. The molecule has 0 aromatic heterocycles. The first kappa shape index (κ1) is 27.4. The first-order valence-electron chi connectivity index (χ1n) is 15.3. The minimum atomic E-state index is -1.26. The number of benzene rings is 3. The van der Waals surface area contributed by atoms with Gasteiger partial charge in [0.05, 0.1) is 23.2 Å². The number of phenols is 1. The molecule has 2 aliphatic carbocycles. The zero-order valence-electron chi connectivity index (χ0n) is 24.4. The quantitative estimate of drug-likeness (QED) is 0.404. The van der Waals surface area contributed by atoms with Crippen molar-refractivity contribution in [3.8, 4) is 11.5 Å². The van der Waals surface area contributed by atoms with Crippen molar-refractivity contribution in [3.05, 3.63) is 94.5 Å². The van der Waals surface area contributed by atoms with Crippen LogP contribution in [-0.4, -0.2) is 81.1 Å². The van der Waals surface area contributed by atoms with Crippen LogP contribution in [0.2, 0.25) is 0 Å². The molecular weight excluding hydrogens is 528 g/mol. The highest BCUT2D eigenvalue weighted by Gasteiger charge is 2.76. The molecular formula is C35H40N2O5. The minimum Gasteiger partial charge on any atom is -0.504 e. The third kappa shape index (κ3) is 3.94. The molecule has 1 spiro atoms. The zero-order valence-corrected chi connectivity index (χ0v) is 24.4. The number of aromatic hydroxyl groups is 1. The summed E-state index contributed by atoms with van der Waals surface area (Å²) in [5, 5.41) is 35.8. The first-order chi connectivity index (χ1) is 20.2. The SMILES string of the molecule is Cc1cccc(CCC(=O)N(C)C2CC[C@@]3(O)[C@H]4Cc5ccc(O)c6c5[C@@]3(C(O)CN4CCc3ccccc3)C2O6)c1. The predicted octanol–water partition coefficient (Wildman–Crippen LogP) is 3.53. The number of carbonyl (C=O) groups is 1. The Labute approximate surface area is 247 Å². The third-order valence-electron chi connectivity index (χ3n) is 10.7. The Hall–Kier alpha value is -3.39. The van der Waals surface area contributed by atoms with E-state index in [2.05, 4.69) is 36.1 Å². The number of piperidine rings is 1. The van der Waals surface area contributed by atoms with Gasteiger partial charge in [-0.3, -0.25) is 9.69 Å². The van der Waals surface area contributed by atoms with E-state index < -0.39 is 23.2 Å². The fraction of sp³-hybridized carbons (Fsp3) is 0.457. The minimum absolute atomic E-state index is 0.00879. The second kappa shape index (κ2) is 10.1. The van der Waals surface area contributed by atoms with Crippen molar-refractivity contribution in [1.82, 2.24) is 9.80 Å². The molecule has 3 unspecified atom stereocenters. The molecule has 2 bridgehead atoms. The third-order valence-corrected chi connectivity index (χ3v) is 10.7. The molecule has 2 fully saturated rings. The Kier molecular flexibility index (Phi) is 6.61. The molecule has 42 heavy (non-hydrogen) atoms. The number of nitrogens with zero attached hydrogens (tertiary/aromatic N) is 2. The molecule has 220 valence electrons. The lowest BCUT2D eigenvalue weighted by molar-refractivity contribution is -0.236. The van der Waals surface area contributed by atoms with Crippen LogP contribution in [0.5, 0.6) is 11.5 Å². The van der Waals surface area contributed by atoms with E-state index in [1.54, 1.807) is 11.0 Å². The Morgan fingerprint density at radius 3 is 2.64 bits per heavy atom. The van der Waals surface area contributed by atoms with Crippen molar-refractivity contribution >= 4 is 5.91 Å². The summed E-state index contributed by atoms with van der Waals surface area (Å²) in [6, 6.07) is 21.5. The Morgan fingerprint density at radius 2 is 1.86 bits per heavy atom. The smallest absolute Gasteiger partial charge is 0.223 e. The summed E-state index contributed by atoms with van der Waals surface area (Å²) >= 11 is 0. The maximum Gasteiger partial charge on any atom is 0.223 e. The van der Waals surface area contributed by atoms with Gasteiger partial charge in [-0.2, -0.15) is 0 Å². The van der Waals surface area contributed by atoms with Crippen LogP contribution < -0.4 is 4.74 Å². The number of ether oxygens (including phenoxy) is 1. The average Bonchev–Trinajstić information content (AvgIpc) is 3.36. The maximum atomic E-state index is 13.6. The van der Waals surface area contributed by atoms with E-state index in [0.717, 1.165) is 29.7 Å². The van der Waals surface area contributed by atoms with Gasteiger partial charge in [0.25, 0.3) is 0 Å². The van der Waals surface area contributed by atoms with Crippen LogP contribution >= 0.6 is 0 Å². The summed E-state index contributed by atoms with van der Waals surface area (Å²) in [6.07, 6.45) is 1.84. The molecule has 7 heteroatoms. The Bertz CT molecular complexity index is 1510. The number of aliphatic hydroxyl groups excluding tert-OH is 1. The number of aryl methyl sites for hydroxylation is 2. The normalized spacial score (nSPS) is 30.9. The molecule has 6 atom stereocenters. The molecule has 1 amide bonds. The summed E-state index contributed by atoms with van der Waals surface area (Å²) in [4.78, 5) is 17.6. The summed E-state index contributed by atoms with van der Waals surface area (Å²) in [5.41, 5.74) is 2.86. The van der Waals surface area contributed by atoms with Crippen molar-refractivity contribution < 1.29 is 24.9 Å². The zero-order chi connectivity index (χ0) is 29.2. The van der Waals surface area contributed by atoms with Gasteiger partial charge in [0.1, 0.15) is 6.10 Å². The number of β-amino-alcohol motifs (C(OH)–C–C–N with tert-alkyl or cyclic N) is 1. The molecule has 7 nitrogen and oxygen atoms in total. The number of phenolic OH excluding ortho intramolecular Hbond substituents is 1. The lowest BCUT2D eigenvalue weighted by Gasteiger charge is -2.66. The van der Waals surface area contributed by atoms with E-state index in [1.807, 2.05) is 43.4 Å². The first-order valence-corrected chi connectivity index (χ1v) is 15.3. The maximum absolute atomic E-state index is 13.6. The van der Waals surface area contributed by atoms with Gasteiger partial charge in [0, 0.05) is 38.2 Å². The molecule has 2 aliphatic heterocycles. The standard InChI is InChI=1S/C35H40N2O5/c1-22-7-6-10-24(19-22)11-14-30(40)36(2)26-15-17-34(41)28-20-25-12-13-27(38)32-31(25)35(34,33(26)42-32)29(39)21-37(28)18-16-23-8-4-3-5-9-23/h3-10,12-13,19,26,28-29,33,38-39,41H,11,14-18,20-21H2,1-2H3/t26?,28-,29?,33?,34-,35+/m1/s1. The fourth-order valence-corrected chi connectivity index (χ4v) is 8.72. The number of likely N-dealkylation sites (tertiary alicyclic amines) is 1. The average molecular weight is 569 g/mol. The predicted molar refractivity (Wildman–Crippen MR) is 160 cm³/mol. The summed E-state index contributed by atoms with van der Waals surface area (Å²) in [5.74, 6) is 0.386. The van der Waals surface area contributed by atoms with Crippen molar-refractivity contribution in [2.24, 2.45) is 0 Å². The van der Waals surface area contributed by atoms with Gasteiger partial charge in [-0.15, -0.1) is 0 Å². The molecule has 1 saturated carbocycles. The van der Waals surface area contributed by atoms with Gasteiger partial charge in [-0.25, -0.2) is 0 Å². The highest BCUT2D eigenvalue weighted by Crippen LogP contribution is 2.65. The highest BCUT2D eigenvalue weighted by atomic mass is 16.5. The Balaban J connectivity index is 1.21. The van der Waals surface area contributed by atoms with Crippen molar-refractivity contribution in [2.75, 3.05) is 20.1 Å². The topological polar surface area (TPSA) is 93.5 Å². The lowest BCUT2D eigenvalue weighted by Crippen LogP contribution is -2.82. The van der Waals surface area contributed by atoms with Crippen LogP contribution in [0.3, 0.4) is 0 Å². The van der Waals surface area contributed by atoms with Crippen LogP contribution in [0, 0.1) is 6.92 Å². The fourth-order valence-electron chi connectivity index (χ4n) is 8.72. The van der Waals surface area contributed by atoms with E-state index >= 15 is 0 Å². The van der Waals surface area contributed by atoms with E-state index in [-0.39, 0.29) is 23.7 Å². The van der Waals surface area contributed by atoms with Crippen molar-refractivity contribution in [1.29, 1.82) is 0 Å². The van der Waals surface area contributed by atoms with Crippen LogP contribution in [0.4, 0.5) is 0 Å². The van der Waals surface area contributed by atoms with E-state index in [0.29, 0.717) is 44.4 Å². The van der Waals surface area contributed by atoms with Crippen LogP contribution in [0.25, 0.3) is 0 Å². The van der Waals surface area contributed by atoms with Crippen LogP contribution in [0.15, 0.2) is 66.7 Å². The monoisotopic (exact) mass is 568 g/mol. The molecule has 1 saturated heterocycles. The van der Waals surface area contributed by atoms with Crippen molar-refractivity contribution in [2.45, 2.75) is 80.8 Å². The molecule has 3 N–H and O–H groups in total.